The molecule has 0 radical (unpaired) electrons. The average molecular weight is 776 g/mol. The van der Waals surface area contributed by atoms with Gasteiger partial charge in [-0.05, 0) is 77.4 Å². The molecule has 16 heteroatoms. The maximum Gasteiger partial charge on any atom is 0.337 e. The molecule has 254 valence electrons. The van der Waals surface area contributed by atoms with Crippen molar-refractivity contribution in [2.75, 3.05) is 27.4 Å². The molecule has 4 rings (SSSR count). The lowest BCUT2D eigenvalue weighted by atomic mass is 9.95. The van der Waals surface area contributed by atoms with Crippen LogP contribution in [-0.4, -0.2) is 61.9 Å². The Bertz CT molecular complexity index is 1730. The largest absolute Gasteiger partial charge is 0.493 e. The lowest BCUT2D eigenvalue weighted by Gasteiger charge is -2.28. The number of esters is 1. The van der Waals surface area contributed by atoms with Gasteiger partial charge in [0, 0.05) is 17.8 Å². The Morgan fingerprint density at radius 2 is 1.92 bits per heavy atom. The molecule has 0 aliphatic carbocycles. The fourth-order valence-corrected chi connectivity index (χ4v) is 5.47. The number of hydrogen-bond acceptors (Lipinski definition) is 12. The molecule has 0 saturated carbocycles. The van der Waals surface area contributed by atoms with E-state index in [1.54, 1.807) is 56.3 Å². The number of carbonyl (C=O) groups is 2. The number of benzene rings is 3. The van der Waals surface area contributed by atoms with Gasteiger partial charge in [0.1, 0.15) is 13.2 Å². The predicted octanol–water partition coefficient (Wildman–Crippen LogP) is 4.31. The van der Waals surface area contributed by atoms with Crippen molar-refractivity contribution in [3.05, 3.63) is 96.2 Å². The fraction of sp³-hybridized carbons (Fsp3) is 0.281. The first-order valence-electron chi connectivity index (χ1n) is 14.5. The number of carbonyl (C=O) groups excluding carboxylic acids is 2. The molecule has 0 aromatic heterocycles. The second-order valence-corrected chi connectivity index (χ2v) is 11.3. The molecule has 1 aliphatic rings. The number of nitro groups is 1. The van der Waals surface area contributed by atoms with Gasteiger partial charge in [-0.1, -0.05) is 18.2 Å². The van der Waals surface area contributed by atoms with E-state index in [-0.39, 0.29) is 24.5 Å². The van der Waals surface area contributed by atoms with E-state index < -0.39 is 29.2 Å². The number of halogens is 1. The van der Waals surface area contributed by atoms with Crippen molar-refractivity contribution >= 4 is 46.5 Å². The van der Waals surface area contributed by atoms with Gasteiger partial charge in [-0.25, -0.2) is 9.59 Å². The Hall–Kier alpha value is -5.10. The summed E-state index contributed by atoms with van der Waals surface area (Å²) in [5, 5.41) is 31.0. The van der Waals surface area contributed by atoms with E-state index in [4.69, 9.17) is 23.7 Å². The van der Waals surface area contributed by atoms with Crippen molar-refractivity contribution in [1.82, 2.24) is 16.1 Å². The van der Waals surface area contributed by atoms with Gasteiger partial charge in [-0.2, -0.15) is 5.10 Å². The quantitative estimate of drug-likeness (QED) is 0.0430. The topological polar surface area (TPSA) is 192 Å². The smallest absolute Gasteiger partial charge is 0.337 e. The van der Waals surface area contributed by atoms with Crippen molar-refractivity contribution in [3.8, 4) is 23.0 Å². The zero-order valence-corrected chi connectivity index (χ0v) is 28.6. The first kappa shape index (κ1) is 35.7. The standard InChI is InChI=1S/C32H34IN5O10/c1-5-46-25-14-21(29-28(31(40)45-4)18(2)35-32(41)36-29)9-10-24(25)47-17-27(39)37-34-15-20-12-23(33)30(26(13-20)44-3)48-16-19-7-6-8-22(11-19)38(42)43/h6-15,27,29,37,39H,5,16-17H2,1-4H3,(H2,35,36,41)/b34-15-/t27-,29-/m1/s1. The van der Waals surface area contributed by atoms with E-state index >= 15 is 0 Å². The zero-order chi connectivity index (χ0) is 34.8. The molecule has 1 aliphatic heterocycles. The van der Waals surface area contributed by atoms with Gasteiger partial charge in [0.2, 0.25) is 0 Å². The van der Waals surface area contributed by atoms with Gasteiger partial charge in [0.15, 0.2) is 29.2 Å². The summed E-state index contributed by atoms with van der Waals surface area (Å²) in [5.41, 5.74) is 5.05. The van der Waals surface area contributed by atoms with Crippen LogP contribution in [0.1, 0.15) is 36.6 Å². The number of hydrazone groups is 1. The number of non-ortho nitro benzene ring substituents is 1. The summed E-state index contributed by atoms with van der Waals surface area (Å²) in [5.74, 6) is 0.974. The Morgan fingerprint density at radius 3 is 2.62 bits per heavy atom. The number of aliphatic hydroxyl groups excluding tert-OH is 1. The molecule has 2 atom stereocenters. The van der Waals surface area contributed by atoms with E-state index in [1.165, 1.54) is 32.6 Å². The van der Waals surface area contributed by atoms with Crippen LogP contribution in [0.15, 0.2) is 71.0 Å². The molecule has 1 heterocycles. The highest BCUT2D eigenvalue weighted by molar-refractivity contribution is 14.1. The normalized spacial score (nSPS) is 14.9. The van der Waals surface area contributed by atoms with E-state index in [2.05, 4.69) is 43.8 Å². The Morgan fingerprint density at radius 1 is 1.12 bits per heavy atom. The molecule has 0 bridgehead atoms. The van der Waals surface area contributed by atoms with Crippen LogP contribution in [0, 0.1) is 13.7 Å². The van der Waals surface area contributed by atoms with Gasteiger partial charge in [0.05, 0.1) is 47.1 Å². The molecule has 3 aromatic rings. The molecule has 0 spiro atoms. The highest BCUT2D eigenvalue weighted by Gasteiger charge is 2.32. The third-order valence-electron chi connectivity index (χ3n) is 6.87. The van der Waals surface area contributed by atoms with Crippen LogP contribution in [0.25, 0.3) is 0 Å². The number of amides is 2. The van der Waals surface area contributed by atoms with Crippen LogP contribution in [0.2, 0.25) is 0 Å². The summed E-state index contributed by atoms with van der Waals surface area (Å²) in [6.45, 7) is 3.62. The summed E-state index contributed by atoms with van der Waals surface area (Å²) in [7, 11) is 2.76. The van der Waals surface area contributed by atoms with Gasteiger partial charge < -0.3 is 39.4 Å². The van der Waals surface area contributed by atoms with Crippen molar-refractivity contribution in [2.45, 2.75) is 32.7 Å². The van der Waals surface area contributed by atoms with Crippen LogP contribution in [-0.2, 0) is 16.1 Å². The van der Waals surface area contributed by atoms with Crippen molar-refractivity contribution in [1.29, 1.82) is 0 Å². The first-order valence-corrected chi connectivity index (χ1v) is 15.6. The summed E-state index contributed by atoms with van der Waals surface area (Å²) in [6, 6.07) is 13.4. The minimum atomic E-state index is -1.20. The van der Waals surface area contributed by atoms with Gasteiger partial charge in [0.25, 0.3) is 5.69 Å². The molecule has 0 fully saturated rings. The van der Waals surface area contributed by atoms with Crippen molar-refractivity contribution < 1.29 is 43.3 Å². The Balaban J connectivity index is 1.39. The monoisotopic (exact) mass is 775 g/mol. The van der Waals surface area contributed by atoms with E-state index in [9.17, 15) is 24.8 Å². The predicted molar refractivity (Wildman–Crippen MR) is 182 cm³/mol. The molecule has 2 amide bonds. The van der Waals surface area contributed by atoms with Crippen LogP contribution in [0.4, 0.5) is 10.5 Å². The van der Waals surface area contributed by atoms with E-state index in [1.807, 2.05) is 0 Å². The Kier molecular flexibility index (Phi) is 12.4. The lowest BCUT2D eigenvalue weighted by Crippen LogP contribution is -2.45. The number of rotatable bonds is 15. The third kappa shape index (κ3) is 9.03. The minimum absolute atomic E-state index is 0.0239. The number of methoxy groups -OCH3 is 2. The molecular formula is C32H34IN5O10. The molecule has 48 heavy (non-hydrogen) atoms. The first-order chi connectivity index (χ1) is 23.0. The molecule has 4 N–H and O–H groups in total. The van der Waals surface area contributed by atoms with Crippen molar-refractivity contribution in [2.24, 2.45) is 5.10 Å². The number of aliphatic hydroxyl groups is 1. The van der Waals surface area contributed by atoms with Gasteiger partial charge in [-0.3, -0.25) is 15.5 Å². The van der Waals surface area contributed by atoms with Crippen LogP contribution < -0.4 is 35.0 Å². The molecule has 3 aromatic carbocycles. The number of urea groups is 1. The second-order valence-electron chi connectivity index (χ2n) is 10.2. The molecular weight excluding hydrogens is 741 g/mol. The number of nitrogens with one attached hydrogen (secondary N) is 3. The molecule has 0 unspecified atom stereocenters. The lowest BCUT2D eigenvalue weighted by molar-refractivity contribution is -0.384. The minimum Gasteiger partial charge on any atom is -0.493 e. The molecule has 15 nitrogen and oxygen atoms in total. The summed E-state index contributed by atoms with van der Waals surface area (Å²) < 4.78 is 28.6. The van der Waals surface area contributed by atoms with Crippen LogP contribution >= 0.6 is 22.6 Å². The second kappa shape index (κ2) is 16.6. The number of ether oxygens (including phenoxy) is 5. The van der Waals surface area contributed by atoms with E-state index in [0.717, 1.165) is 0 Å². The summed E-state index contributed by atoms with van der Waals surface area (Å²) >= 11 is 2.09. The Labute approximate surface area is 289 Å². The van der Waals surface area contributed by atoms with Crippen molar-refractivity contribution in [3.63, 3.8) is 0 Å². The highest BCUT2D eigenvalue weighted by atomic mass is 127. The number of allylic oxidation sites excluding steroid dienone is 1. The summed E-state index contributed by atoms with van der Waals surface area (Å²) in [4.78, 5) is 35.2. The maximum absolute atomic E-state index is 12.5. The fourth-order valence-electron chi connectivity index (χ4n) is 4.69. The number of nitro benzene ring substituents is 1. The van der Waals surface area contributed by atoms with Crippen LogP contribution in [0.3, 0.4) is 0 Å². The highest BCUT2D eigenvalue weighted by Crippen LogP contribution is 2.36. The average Bonchev–Trinajstić information content (AvgIpc) is 3.06. The third-order valence-corrected chi connectivity index (χ3v) is 7.67. The summed E-state index contributed by atoms with van der Waals surface area (Å²) in [6.07, 6.45) is 0.287. The maximum atomic E-state index is 12.5. The van der Waals surface area contributed by atoms with Gasteiger partial charge in [-0.15, -0.1) is 0 Å². The number of nitrogens with zero attached hydrogens (tertiary/aromatic N) is 2. The van der Waals surface area contributed by atoms with Crippen LogP contribution in [0.5, 0.6) is 23.0 Å². The zero-order valence-electron chi connectivity index (χ0n) is 26.4. The SMILES string of the molecule is CCOc1cc([C@H]2NC(=O)NC(C)=C2C(=O)OC)ccc1OC[C@@H](O)N/N=C\c1cc(I)c(OCc2cccc([N+](=O)[O-])c2)c(OC)c1. The van der Waals surface area contributed by atoms with Gasteiger partial charge >= 0.3 is 12.0 Å². The number of hydrogen-bond donors (Lipinski definition) is 4. The van der Waals surface area contributed by atoms with E-state index in [0.29, 0.717) is 55.6 Å². The molecule has 0 saturated heterocycles.